The van der Waals surface area contributed by atoms with E-state index in [-0.39, 0.29) is 5.91 Å². The molecule has 1 aliphatic heterocycles. The predicted molar refractivity (Wildman–Crippen MR) is 106 cm³/mol. The molecule has 0 aliphatic carbocycles. The number of nitrogens with one attached hydrogen (secondary N) is 1. The summed E-state index contributed by atoms with van der Waals surface area (Å²) >= 11 is 1.87. The van der Waals surface area contributed by atoms with Gasteiger partial charge in [0.15, 0.2) is 0 Å². The number of rotatable bonds is 6. The maximum absolute atomic E-state index is 12.2. The number of hydrogen-bond acceptors (Lipinski definition) is 4. The van der Waals surface area contributed by atoms with Crippen molar-refractivity contribution in [2.45, 2.75) is 18.8 Å². The predicted octanol–water partition coefficient (Wildman–Crippen LogP) is 3.42. The highest BCUT2D eigenvalue weighted by Crippen LogP contribution is 2.30. The third-order valence-electron chi connectivity index (χ3n) is 4.89. The van der Waals surface area contributed by atoms with E-state index in [1.54, 1.807) is 0 Å². The zero-order valence-electron chi connectivity index (χ0n) is 15.1. The molecule has 4 nitrogen and oxygen atoms in total. The lowest BCUT2D eigenvalue weighted by atomic mass is 9.95. The molecule has 1 saturated heterocycles. The number of likely N-dealkylation sites (tertiary alicyclic amines) is 1. The summed E-state index contributed by atoms with van der Waals surface area (Å²) < 4.78 is 0. The molecule has 0 atom stereocenters. The number of carbonyl (C=O) groups excluding carboxylic acids is 1. The van der Waals surface area contributed by atoms with E-state index in [0.29, 0.717) is 6.54 Å². The Kier molecular flexibility index (Phi) is 6.10. The van der Waals surface area contributed by atoms with E-state index in [1.165, 1.54) is 17.7 Å². The first kappa shape index (κ1) is 18.0. The minimum absolute atomic E-state index is 0.0128. The van der Waals surface area contributed by atoms with E-state index in [0.717, 1.165) is 36.8 Å². The minimum Gasteiger partial charge on any atom is -0.378 e. The molecule has 3 rings (SSSR count). The Bertz CT molecular complexity index is 659. The van der Waals surface area contributed by atoms with Crippen molar-refractivity contribution in [1.29, 1.82) is 0 Å². The summed E-state index contributed by atoms with van der Waals surface area (Å²) in [6.07, 6.45) is 2.45. The SMILES string of the molecule is CN(C)c1ccc(C(=O)NCCN2CCC(c3cccs3)CC2)cc1. The second-order valence-corrected chi connectivity index (χ2v) is 7.81. The molecule has 1 aliphatic rings. The molecule has 1 fully saturated rings. The van der Waals surface area contributed by atoms with Crippen LogP contribution >= 0.6 is 11.3 Å². The van der Waals surface area contributed by atoms with Gasteiger partial charge in [-0.25, -0.2) is 0 Å². The lowest BCUT2D eigenvalue weighted by Gasteiger charge is -2.31. The standard InChI is InChI=1S/C20H27N3OS/c1-22(2)18-7-5-17(6-8-18)20(24)21-11-14-23-12-9-16(10-13-23)19-4-3-15-25-19/h3-8,15-16H,9-14H2,1-2H3,(H,21,24). The molecule has 1 N–H and O–H groups in total. The number of amides is 1. The molecule has 0 unspecified atom stereocenters. The lowest BCUT2D eigenvalue weighted by Crippen LogP contribution is -2.39. The van der Waals surface area contributed by atoms with E-state index in [9.17, 15) is 4.79 Å². The normalized spacial score (nSPS) is 15.9. The van der Waals surface area contributed by atoms with Gasteiger partial charge in [0.2, 0.25) is 0 Å². The average molecular weight is 358 g/mol. The van der Waals surface area contributed by atoms with Gasteiger partial charge in [0.1, 0.15) is 0 Å². The molecule has 25 heavy (non-hydrogen) atoms. The van der Waals surface area contributed by atoms with Gasteiger partial charge >= 0.3 is 0 Å². The smallest absolute Gasteiger partial charge is 0.251 e. The first-order valence-corrected chi connectivity index (χ1v) is 9.83. The Morgan fingerprint density at radius 1 is 1.20 bits per heavy atom. The maximum Gasteiger partial charge on any atom is 0.251 e. The third kappa shape index (κ3) is 4.83. The molecule has 1 aromatic carbocycles. The summed E-state index contributed by atoms with van der Waals surface area (Å²) in [5.74, 6) is 0.736. The highest BCUT2D eigenvalue weighted by atomic mass is 32.1. The fourth-order valence-corrected chi connectivity index (χ4v) is 4.20. The van der Waals surface area contributed by atoms with Crippen molar-refractivity contribution >= 4 is 22.9 Å². The fraction of sp³-hybridized carbons (Fsp3) is 0.450. The van der Waals surface area contributed by atoms with Crippen molar-refractivity contribution in [3.63, 3.8) is 0 Å². The van der Waals surface area contributed by atoms with Gasteiger partial charge in [-0.3, -0.25) is 4.79 Å². The van der Waals surface area contributed by atoms with Crippen LogP contribution in [0.4, 0.5) is 5.69 Å². The van der Waals surface area contributed by atoms with Crippen molar-refractivity contribution in [1.82, 2.24) is 10.2 Å². The summed E-state index contributed by atoms with van der Waals surface area (Å²) in [5, 5.41) is 5.21. The Morgan fingerprint density at radius 3 is 2.52 bits per heavy atom. The number of benzene rings is 1. The number of piperidine rings is 1. The minimum atomic E-state index is 0.0128. The van der Waals surface area contributed by atoms with Crippen LogP contribution in [0.5, 0.6) is 0 Å². The number of hydrogen-bond donors (Lipinski definition) is 1. The van der Waals surface area contributed by atoms with E-state index >= 15 is 0 Å². The molecular weight excluding hydrogens is 330 g/mol. The Labute approximate surface area is 154 Å². The number of nitrogens with zero attached hydrogens (tertiary/aromatic N) is 2. The van der Waals surface area contributed by atoms with Crippen LogP contribution < -0.4 is 10.2 Å². The van der Waals surface area contributed by atoms with Gasteiger partial charge in [0.25, 0.3) is 5.91 Å². The average Bonchev–Trinajstić information content (AvgIpc) is 3.17. The van der Waals surface area contributed by atoms with Crippen molar-refractivity contribution in [3.8, 4) is 0 Å². The molecule has 2 heterocycles. The van der Waals surface area contributed by atoms with Crippen molar-refractivity contribution in [2.24, 2.45) is 0 Å². The topological polar surface area (TPSA) is 35.6 Å². The zero-order chi connectivity index (χ0) is 17.6. The van der Waals surface area contributed by atoms with Gasteiger partial charge < -0.3 is 15.1 Å². The second kappa shape index (κ2) is 8.50. The van der Waals surface area contributed by atoms with Crippen LogP contribution in [0.25, 0.3) is 0 Å². The third-order valence-corrected chi connectivity index (χ3v) is 5.93. The molecule has 0 spiro atoms. The van der Waals surface area contributed by atoms with Gasteiger partial charge in [-0.2, -0.15) is 0 Å². The summed E-state index contributed by atoms with van der Waals surface area (Å²) in [5.41, 5.74) is 1.83. The molecule has 2 aromatic rings. The second-order valence-electron chi connectivity index (χ2n) is 6.83. The van der Waals surface area contributed by atoms with Crippen molar-refractivity contribution in [3.05, 3.63) is 52.2 Å². The molecule has 0 bridgehead atoms. The first-order chi connectivity index (χ1) is 12.1. The van der Waals surface area contributed by atoms with Gasteiger partial charge in [0.05, 0.1) is 0 Å². The molecule has 0 radical (unpaired) electrons. The first-order valence-electron chi connectivity index (χ1n) is 8.95. The maximum atomic E-state index is 12.2. The van der Waals surface area contributed by atoms with Crippen molar-refractivity contribution in [2.75, 3.05) is 45.2 Å². The summed E-state index contributed by atoms with van der Waals surface area (Å²) in [6.45, 7) is 3.88. The van der Waals surface area contributed by atoms with Crippen LogP contribution in [0, 0.1) is 0 Å². The Morgan fingerprint density at radius 2 is 1.92 bits per heavy atom. The van der Waals surface area contributed by atoms with Gasteiger partial charge in [-0.1, -0.05) is 6.07 Å². The molecular formula is C20H27N3OS. The number of anilines is 1. The fourth-order valence-electron chi connectivity index (χ4n) is 3.31. The summed E-state index contributed by atoms with van der Waals surface area (Å²) in [6, 6.07) is 12.1. The van der Waals surface area contributed by atoms with E-state index in [4.69, 9.17) is 0 Å². The molecule has 1 amide bonds. The van der Waals surface area contributed by atoms with E-state index in [1.807, 2.05) is 54.6 Å². The Balaban J connectivity index is 1.39. The van der Waals surface area contributed by atoms with Crippen LogP contribution in [0.1, 0.15) is 34.0 Å². The molecule has 0 saturated carbocycles. The van der Waals surface area contributed by atoms with E-state index in [2.05, 4.69) is 27.7 Å². The van der Waals surface area contributed by atoms with Crippen LogP contribution in [0.3, 0.4) is 0 Å². The van der Waals surface area contributed by atoms with Crippen LogP contribution in [-0.4, -0.2) is 51.1 Å². The number of carbonyl (C=O) groups is 1. The highest BCUT2D eigenvalue weighted by Gasteiger charge is 2.20. The lowest BCUT2D eigenvalue weighted by molar-refractivity contribution is 0.0946. The van der Waals surface area contributed by atoms with Gasteiger partial charge in [-0.15, -0.1) is 11.3 Å². The van der Waals surface area contributed by atoms with E-state index < -0.39 is 0 Å². The number of thiophene rings is 1. The molecule has 134 valence electrons. The van der Waals surface area contributed by atoms with Crippen molar-refractivity contribution < 1.29 is 4.79 Å². The van der Waals surface area contributed by atoms with Crippen LogP contribution in [-0.2, 0) is 0 Å². The summed E-state index contributed by atoms with van der Waals surface area (Å²) in [7, 11) is 3.99. The van der Waals surface area contributed by atoms with Crippen LogP contribution in [0.2, 0.25) is 0 Å². The van der Waals surface area contributed by atoms with Gasteiger partial charge in [0, 0.05) is 43.3 Å². The highest BCUT2D eigenvalue weighted by molar-refractivity contribution is 7.10. The quantitative estimate of drug-likeness (QED) is 0.860. The molecule has 1 aromatic heterocycles. The summed E-state index contributed by atoms with van der Waals surface area (Å²) in [4.78, 5) is 18.2. The largest absolute Gasteiger partial charge is 0.378 e. The van der Waals surface area contributed by atoms with Gasteiger partial charge in [-0.05, 0) is 67.6 Å². The molecule has 5 heteroatoms. The monoisotopic (exact) mass is 357 g/mol. The van der Waals surface area contributed by atoms with Crippen LogP contribution in [0.15, 0.2) is 41.8 Å². The zero-order valence-corrected chi connectivity index (χ0v) is 15.9. The Hall–Kier alpha value is -1.85.